The number of carbonyl (C=O) groups excluding carboxylic acids is 2. The van der Waals surface area contributed by atoms with Gasteiger partial charge in [-0.25, -0.2) is 8.42 Å². The minimum Gasteiger partial charge on any atom is -0.355 e. The Labute approximate surface area is 186 Å². The van der Waals surface area contributed by atoms with Gasteiger partial charge in [0, 0.05) is 36.5 Å². The van der Waals surface area contributed by atoms with Crippen LogP contribution in [0.2, 0.25) is 0 Å². The van der Waals surface area contributed by atoms with E-state index in [0.717, 1.165) is 11.1 Å². The maximum atomic E-state index is 12.7. The van der Waals surface area contributed by atoms with Gasteiger partial charge in [0.1, 0.15) is 0 Å². The minimum absolute atomic E-state index is 0.161. The van der Waals surface area contributed by atoms with E-state index in [4.69, 9.17) is 5.73 Å². The smallest absolute Gasteiger partial charge is 0.266 e. The lowest BCUT2D eigenvalue weighted by molar-refractivity contribution is 0.0941. The van der Waals surface area contributed by atoms with Crippen molar-refractivity contribution in [3.8, 4) is 11.3 Å². The highest BCUT2D eigenvalue weighted by Crippen LogP contribution is 2.21. The molecule has 0 bridgehead atoms. The second-order valence-electron chi connectivity index (χ2n) is 7.01. The van der Waals surface area contributed by atoms with Crippen LogP contribution in [0.5, 0.6) is 0 Å². The topological polar surface area (TPSA) is 143 Å². The number of rotatable bonds is 7. The molecule has 32 heavy (non-hydrogen) atoms. The maximum Gasteiger partial charge on any atom is 0.266 e. The lowest BCUT2D eigenvalue weighted by Crippen LogP contribution is -2.41. The zero-order valence-electron chi connectivity index (χ0n) is 17.5. The average molecular weight is 454 g/mol. The van der Waals surface area contributed by atoms with Crippen LogP contribution in [0.25, 0.3) is 11.3 Å². The summed E-state index contributed by atoms with van der Waals surface area (Å²) < 4.78 is 25.2. The third-order valence-corrected chi connectivity index (χ3v) is 5.87. The van der Waals surface area contributed by atoms with Crippen LogP contribution in [-0.4, -0.2) is 32.3 Å². The van der Waals surface area contributed by atoms with E-state index in [1.807, 2.05) is 19.1 Å². The molecule has 166 valence electrons. The first-order chi connectivity index (χ1) is 15.2. The molecular weight excluding hydrogens is 430 g/mol. The van der Waals surface area contributed by atoms with Crippen molar-refractivity contribution in [3.05, 3.63) is 83.0 Å². The number of pyridine rings is 1. The molecule has 0 saturated heterocycles. The fraction of sp³-hybridized carbons (Fsp3) is 0.136. The number of hydrazine groups is 1. The van der Waals surface area contributed by atoms with Crippen molar-refractivity contribution in [1.82, 2.24) is 20.6 Å². The van der Waals surface area contributed by atoms with Crippen molar-refractivity contribution in [1.29, 1.82) is 0 Å². The van der Waals surface area contributed by atoms with Crippen LogP contribution in [-0.2, 0) is 16.6 Å². The van der Waals surface area contributed by atoms with Gasteiger partial charge in [-0.3, -0.25) is 20.0 Å². The Bertz CT molecular complexity index is 1270. The molecule has 0 aliphatic carbocycles. The van der Waals surface area contributed by atoms with Gasteiger partial charge in [-0.15, -0.1) is 4.83 Å². The van der Waals surface area contributed by atoms with E-state index >= 15 is 0 Å². The molecule has 1 aromatic heterocycles. The van der Waals surface area contributed by atoms with Crippen molar-refractivity contribution < 1.29 is 18.0 Å². The van der Waals surface area contributed by atoms with E-state index in [-0.39, 0.29) is 16.0 Å². The van der Waals surface area contributed by atoms with Crippen LogP contribution < -0.4 is 21.3 Å². The van der Waals surface area contributed by atoms with Gasteiger partial charge in [-0.1, -0.05) is 6.07 Å². The van der Waals surface area contributed by atoms with Gasteiger partial charge in [0.15, 0.2) is 0 Å². The van der Waals surface area contributed by atoms with Crippen LogP contribution in [0.4, 0.5) is 0 Å². The molecule has 0 unspecified atom stereocenters. The lowest BCUT2D eigenvalue weighted by Gasteiger charge is -2.11. The molecule has 0 atom stereocenters. The third-order valence-electron chi connectivity index (χ3n) is 4.63. The standard InChI is InChI=1S/C22H23N5O4S/c1-14-8-17(20-10-15(13-23)6-7-25-20)11-18(9-14)22(29)26-27-32(30,31)19-5-3-4-16(12-19)21(28)24-2/h3-12,27H,13,23H2,1-2H3,(H,24,28)(H,26,29). The fourth-order valence-electron chi connectivity index (χ4n) is 3.01. The van der Waals surface area contributed by atoms with Crippen LogP contribution in [0.3, 0.4) is 0 Å². The van der Waals surface area contributed by atoms with Crippen molar-refractivity contribution in [2.75, 3.05) is 7.05 Å². The van der Waals surface area contributed by atoms with E-state index in [9.17, 15) is 18.0 Å². The molecule has 0 radical (unpaired) electrons. The minimum atomic E-state index is -4.10. The van der Waals surface area contributed by atoms with Gasteiger partial charge in [-0.05, 0) is 66.6 Å². The van der Waals surface area contributed by atoms with Crippen LogP contribution in [0.15, 0.2) is 65.7 Å². The number of benzene rings is 2. The molecule has 0 fully saturated rings. The molecule has 5 N–H and O–H groups in total. The van der Waals surface area contributed by atoms with E-state index < -0.39 is 21.8 Å². The summed E-state index contributed by atoms with van der Waals surface area (Å²) in [6, 6.07) is 14.2. The van der Waals surface area contributed by atoms with Crippen LogP contribution in [0, 0.1) is 6.92 Å². The van der Waals surface area contributed by atoms with Crippen molar-refractivity contribution in [2.24, 2.45) is 5.73 Å². The summed E-state index contributed by atoms with van der Waals surface area (Å²) in [7, 11) is -2.65. The molecule has 0 aliphatic rings. The first kappa shape index (κ1) is 23.1. The second-order valence-corrected chi connectivity index (χ2v) is 8.69. The molecule has 0 saturated carbocycles. The van der Waals surface area contributed by atoms with Gasteiger partial charge in [0.25, 0.3) is 21.8 Å². The molecule has 0 spiro atoms. The molecule has 3 rings (SSSR count). The highest BCUT2D eigenvalue weighted by molar-refractivity contribution is 7.89. The zero-order chi connectivity index (χ0) is 23.3. The maximum absolute atomic E-state index is 12.7. The number of nitrogens with one attached hydrogen (secondary N) is 3. The molecule has 0 aliphatic heterocycles. The van der Waals surface area contributed by atoms with Crippen molar-refractivity contribution in [2.45, 2.75) is 18.4 Å². The Hall–Kier alpha value is -3.60. The zero-order valence-corrected chi connectivity index (χ0v) is 18.4. The monoisotopic (exact) mass is 453 g/mol. The van der Waals surface area contributed by atoms with Gasteiger partial charge < -0.3 is 11.1 Å². The summed E-state index contributed by atoms with van der Waals surface area (Å²) in [4.78, 5) is 30.6. The molecule has 3 aromatic rings. The van der Waals surface area contributed by atoms with E-state index in [1.54, 1.807) is 24.4 Å². The number of sulfonamides is 1. The quantitative estimate of drug-likeness (QED) is 0.399. The first-order valence-corrected chi connectivity index (χ1v) is 11.1. The van der Waals surface area contributed by atoms with E-state index in [0.29, 0.717) is 17.8 Å². The average Bonchev–Trinajstić information content (AvgIpc) is 2.81. The predicted molar refractivity (Wildman–Crippen MR) is 120 cm³/mol. The number of nitrogens with two attached hydrogens (primary N) is 1. The predicted octanol–water partition coefficient (Wildman–Crippen LogP) is 1.50. The summed E-state index contributed by atoms with van der Waals surface area (Å²) in [6.07, 6.45) is 1.64. The summed E-state index contributed by atoms with van der Waals surface area (Å²) in [6.45, 7) is 2.18. The first-order valence-electron chi connectivity index (χ1n) is 9.65. The summed E-state index contributed by atoms with van der Waals surface area (Å²) >= 11 is 0. The Morgan fingerprint density at radius 2 is 1.78 bits per heavy atom. The summed E-state index contributed by atoms with van der Waals surface area (Å²) in [5, 5.41) is 2.43. The van der Waals surface area contributed by atoms with E-state index in [2.05, 4.69) is 20.6 Å². The summed E-state index contributed by atoms with van der Waals surface area (Å²) in [5.41, 5.74) is 11.4. The Kier molecular flexibility index (Phi) is 6.98. The van der Waals surface area contributed by atoms with Gasteiger partial charge in [0.05, 0.1) is 10.6 Å². The molecular formula is C22H23N5O4S. The van der Waals surface area contributed by atoms with Gasteiger partial charge in [0.2, 0.25) is 0 Å². The highest BCUT2D eigenvalue weighted by Gasteiger charge is 2.18. The Balaban J connectivity index is 1.80. The second kappa shape index (κ2) is 9.69. The Morgan fingerprint density at radius 3 is 2.50 bits per heavy atom. The van der Waals surface area contributed by atoms with Crippen molar-refractivity contribution >= 4 is 21.8 Å². The number of hydrogen-bond donors (Lipinski definition) is 4. The van der Waals surface area contributed by atoms with Gasteiger partial charge >= 0.3 is 0 Å². The largest absolute Gasteiger partial charge is 0.355 e. The number of nitrogens with zero attached hydrogens (tertiary/aromatic N) is 1. The normalized spacial score (nSPS) is 11.1. The summed E-state index contributed by atoms with van der Waals surface area (Å²) in [5.74, 6) is -1.07. The van der Waals surface area contributed by atoms with Gasteiger partial charge in [-0.2, -0.15) is 0 Å². The molecule has 9 nitrogen and oxygen atoms in total. The SMILES string of the molecule is CNC(=O)c1cccc(S(=O)(=O)NNC(=O)c2cc(C)cc(-c3cc(CN)ccn3)c2)c1. The fourth-order valence-corrected chi connectivity index (χ4v) is 3.90. The number of aromatic nitrogens is 1. The van der Waals surface area contributed by atoms with Crippen molar-refractivity contribution in [3.63, 3.8) is 0 Å². The lowest BCUT2D eigenvalue weighted by atomic mass is 10.0. The molecule has 1 heterocycles. The number of carbonyl (C=O) groups is 2. The molecule has 2 aromatic carbocycles. The molecule has 10 heteroatoms. The van der Waals surface area contributed by atoms with Crippen LogP contribution in [0.1, 0.15) is 31.8 Å². The number of amides is 2. The molecule has 2 amide bonds. The number of aryl methyl sites for hydroxylation is 1. The van der Waals surface area contributed by atoms with E-state index in [1.165, 1.54) is 31.3 Å². The number of hydrogen-bond acceptors (Lipinski definition) is 6. The highest BCUT2D eigenvalue weighted by atomic mass is 32.2. The third kappa shape index (κ3) is 5.35. The van der Waals surface area contributed by atoms with Crippen LogP contribution >= 0.6 is 0 Å². The Morgan fingerprint density at radius 1 is 1.00 bits per heavy atom.